The number of aromatic nitrogens is 1. The number of hydrogen-bond donors (Lipinski definition) is 1. The molecule has 0 aliphatic carbocycles. The predicted molar refractivity (Wildman–Crippen MR) is 68.7 cm³/mol. The number of rotatable bonds is 4. The number of pyridine rings is 1. The van der Waals surface area contributed by atoms with E-state index in [-0.39, 0.29) is 24.8 Å². The van der Waals surface area contributed by atoms with Crippen molar-refractivity contribution in [1.29, 1.82) is 0 Å². The van der Waals surface area contributed by atoms with Crippen LogP contribution in [0, 0.1) is 0 Å². The molecule has 1 amide bonds. The van der Waals surface area contributed by atoms with Crippen LogP contribution < -0.4 is 4.74 Å². The summed E-state index contributed by atoms with van der Waals surface area (Å²) in [5, 5.41) is 8.78. The van der Waals surface area contributed by atoms with Gasteiger partial charge in [-0.25, -0.2) is 4.98 Å². The van der Waals surface area contributed by atoms with Crippen LogP contribution in [0.2, 0.25) is 0 Å². The molecular formula is C13H16N2O5. The van der Waals surface area contributed by atoms with Crippen LogP contribution >= 0.6 is 0 Å². The van der Waals surface area contributed by atoms with Gasteiger partial charge in [-0.15, -0.1) is 0 Å². The fourth-order valence-electron chi connectivity index (χ4n) is 2.11. The van der Waals surface area contributed by atoms with Gasteiger partial charge in [-0.1, -0.05) is 0 Å². The lowest BCUT2D eigenvalue weighted by atomic mass is 10.1. The van der Waals surface area contributed by atoms with Crippen molar-refractivity contribution in [3.05, 3.63) is 23.9 Å². The lowest BCUT2D eigenvalue weighted by Gasteiger charge is -2.32. The van der Waals surface area contributed by atoms with Gasteiger partial charge in [0.05, 0.1) is 26.2 Å². The third-order valence-corrected chi connectivity index (χ3v) is 3.02. The van der Waals surface area contributed by atoms with E-state index in [2.05, 4.69) is 4.98 Å². The zero-order valence-electron chi connectivity index (χ0n) is 11.1. The highest BCUT2D eigenvalue weighted by Gasteiger charge is 2.28. The molecule has 0 aromatic carbocycles. The van der Waals surface area contributed by atoms with E-state index in [9.17, 15) is 9.59 Å². The average molecular weight is 280 g/mol. The number of carbonyl (C=O) groups excluding carboxylic acids is 1. The number of ether oxygens (including phenoxy) is 2. The number of morpholine rings is 1. The maximum absolute atomic E-state index is 12.4. The number of amides is 1. The summed E-state index contributed by atoms with van der Waals surface area (Å²) in [6, 6.07) is 3.29. The number of carboxylic acids is 1. The molecule has 0 spiro atoms. The Morgan fingerprint density at radius 3 is 3.10 bits per heavy atom. The summed E-state index contributed by atoms with van der Waals surface area (Å²) in [6.07, 6.45) is 0.948. The van der Waals surface area contributed by atoms with Crippen molar-refractivity contribution >= 4 is 11.9 Å². The number of carbonyl (C=O) groups is 2. The molecule has 1 aromatic heterocycles. The second kappa shape index (κ2) is 6.33. The lowest BCUT2D eigenvalue weighted by Crippen LogP contribution is -2.46. The molecule has 20 heavy (non-hydrogen) atoms. The van der Waals surface area contributed by atoms with E-state index in [0.29, 0.717) is 18.7 Å². The maximum atomic E-state index is 12.4. The van der Waals surface area contributed by atoms with E-state index >= 15 is 0 Å². The van der Waals surface area contributed by atoms with Crippen LogP contribution in [0.1, 0.15) is 16.8 Å². The largest absolute Gasteiger partial charge is 0.481 e. The Kier molecular flexibility index (Phi) is 4.52. The number of aliphatic carboxylic acids is 1. The number of nitrogens with zero attached hydrogens (tertiary/aromatic N) is 2. The topological polar surface area (TPSA) is 89.0 Å². The van der Waals surface area contributed by atoms with Crippen molar-refractivity contribution in [1.82, 2.24) is 9.88 Å². The summed E-state index contributed by atoms with van der Waals surface area (Å²) < 4.78 is 10.4. The van der Waals surface area contributed by atoms with E-state index in [0.717, 1.165) is 0 Å². The number of hydrogen-bond acceptors (Lipinski definition) is 5. The molecule has 2 heterocycles. The maximum Gasteiger partial charge on any atom is 0.306 e. The summed E-state index contributed by atoms with van der Waals surface area (Å²) in [7, 11) is 1.45. The minimum absolute atomic E-state index is 0.117. The molecular weight excluding hydrogens is 264 g/mol. The molecule has 1 aliphatic rings. The predicted octanol–water partition coefficient (Wildman–Crippen LogP) is 0.406. The molecule has 1 fully saturated rings. The minimum Gasteiger partial charge on any atom is -0.481 e. The molecule has 7 nitrogen and oxygen atoms in total. The Hall–Kier alpha value is -2.15. The van der Waals surface area contributed by atoms with Crippen molar-refractivity contribution in [2.24, 2.45) is 0 Å². The summed E-state index contributed by atoms with van der Waals surface area (Å²) in [5.74, 6) is -0.907. The quantitative estimate of drug-likeness (QED) is 0.859. The normalized spacial score (nSPS) is 18.6. The van der Waals surface area contributed by atoms with Gasteiger partial charge in [0, 0.05) is 19.3 Å². The highest BCUT2D eigenvalue weighted by Crippen LogP contribution is 2.18. The molecule has 0 unspecified atom stereocenters. The van der Waals surface area contributed by atoms with Gasteiger partial charge in [0.1, 0.15) is 5.56 Å². The summed E-state index contributed by atoms with van der Waals surface area (Å²) in [4.78, 5) is 28.7. The first-order valence-corrected chi connectivity index (χ1v) is 6.23. The fourth-order valence-corrected chi connectivity index (χ4v) is 2.11. The average Bonchev–Trinajstić information content (AvgIpc) is 2.46. The molecule has 1 atom stereocenters. The first-order valence-electron chi connectivity index (χ1n) is 6.23. The van der Waals surface area contributed by atoms with Crippen LogP contribution in [0.25, 0.3) is 0 Å². The number of carboxylic acid groups (broad SMARTS) is 1. The van der Waals surface area contributed by atoms with Crippen LogP contribution in [0.5, 0.6) is 5.88 Å². The second-order valence-corrected chi connectivity index (χ2v) is 4.40. The van der Waals surface area contributed by atoms with Gasteiger partial charge < -0.3 is 19.5 Å². The van der Waals surface area contributed by atoms with Crippen LogP contribution in [0.15, 0.2) is 18.3 Å². The van der Waals surface area contributed by atoms with Crippen LogP contribution in [0.3, 0.4) is 0 Å². The molecule has 0 bridgehead atoms. The van der Waals surface area contributed by atoms with E-state index in [4.69, 9.17) is 14.6 Å². The molecule has 0 radical (unpaired) electrons. The van der Waals surface area contributed by atoms with Gasteiger partial charge in [0.15, 0.2) is 0 Å². The van der Waals surface area contributed by atoms with Gasteiger partial charge in [0.25, 0.3) is 5.91 Å². The van der Waals surface area contributed by atoms with Gasteiger partial charge in [-0.05, 0) is 12.1 Å². The third-order valence-electron chi connectivity index (χ3n) is 3.02. The van der Waals surface area contributed by atoms with Gasteiger partial charge in [0.2, 0.25) is 5.88 Å². The van der Waals surface area contributed by atoms with Crippen LogP contribution in [0.4, 0.5) is 0 Å². The van der Waals surface area contributed by atoms with Crippen LogP contribution in [-0.2, 0) is 9.53 Å². The zero-order valence-corrected chi connectivity index (χ0v) is 11.1. The van der Waals surface area contributed by atoms with Crippen molar-refractivity contribution < 1.29 is 24.2 Å². The van der Waals surface area contributed by atoms with E-state index in [1.807, 2.05) is 0 Å². The molecule has 1 aliphatic heterocycles. The van der Waals surface area contributed by atoms with Crippen molar-refractivity contribution in [3.63, 3.8) is 0 Å². The smallest absolute Gasteiger partial charge is 0.306 e. The molecule has 2 rings (SSSR count). The SMILES string of the molecule is COc1ncccc1C(=O)N1CCO[C@@H](CC(=O)O)C1. The molecule has 1 aromatic rings. The van der Waals surface area contributed by atoms with Gasteiger partial charge >= 0.3 is 5.97 Å². The number of methoxy groups -OCH3 is 1. The van der Waals surface area contributed by atoms with E-state index in [1.54, 1.807) is 23.2 Å². The highest BCUT2D eigenvalue weighted by molar-refractivity contribution is 5.96. The molecule has 0 saturated carbocycles. The Bertz CT molecular complexity index is 505. The molecule has 108 valence electrons. The van der Waals surface area contributed by atoms with Crippen molar-refractivity contribution in [2.45, 2.75) is 12.5 Å². The second-order valence-electron chi connectivity index (χ2n) is 4.40. The van der Waals surface area contributed by atoms with Gasteiger partial charge in [-0.3, -0.25) is 9.59 Å². The third kappa shape index (κ3) is 3.24. The fraction of sp³-hybridized carbons (Fsp3) is 0.462. The zero-order chi connectivity index (χ0) is 14.5. The van der Waals surface area contributed by atoms with E-state index in [1.165, 1.54) is 7.11 Å². The van der Waals surface area contributed by atoms with E-state index < -0.39 is 12.1 Å². The Balaban J connectivity index is 2.10. The molecule has 1 N–H and O–H groups in total. The Morgan fingerprint density at radius 1 is 1.60 bits per heavy atom. The Labute approximate surface area is 116 Å². The lowest BCUT2D eigenvalue weighted by molar-refractivity contribution is -0.141. The molecule has 1 saturated heterocycles. The standard InChI is InChI=1S/C13H16N2O5/c1-19-12-10(3-2-4-14-12)13(18)15-5-6-20-9(8-15)7-11(16)17/h2-4,9H,5-8H2,1H3,(H,16,17)/t9-/m0/s1. The monoisotopic (exact) mass is 280 g/mol. The first-order chi connectivity index (χ1) is 9.61. The highest BCUT2D eigenvalue weighted by atomic mass is 16.5. The molecule has 7 heteroatoms. The minimum atomic E-state index is -0.941. The summed E-state index contributed by atoms with van der Waals surface area (Å²) in [6.45, 7) is 1.00. The first kappa shape index (κ1) is 14.3. The van der Waals surface area contributed by atoms with Gasteiger partial charge in [-0.2, -0.15) is 0 Å². The summed E-state index contributed by atoms with van der Waals surface area (Å²) in [5.41, 5.74) is 0.367. The van der Waals surface area contributed by atoms with Crippen LogP contribution in [-0.4, -0.2) is 59.8 Å². The Morgan fingerprint density at radius 2 is 2.40 bits per heavy atom. The van der Waals surface area contributed by atoms with Crippen molar-refractivity contribution in [2.75, 3.05) is 26.8 Å². The summed E-state index contributed by atoms with van der Waals surface area (Å²) >= 11 is 0. The van der Waals surface area contributed by atoms with Crippen molar-refractivity contribution in [3.8, 4) is 5.88 Å².